The second-order valence-corrected chi connectivity index (χ2v) is 5.92. The van der Waals surface area contributed by atoms with Crippen LogP contribution in [0, 0.1) is 5.92 Å². The Morgan fingerprint density at radius 1 is 1.42 bits per heavy atom. The lowest BCUT2D eigenvalue weighted by Gasteiger charge is -2.41. The third-order valence-electron chi connectivity index (χ3n) is 4.60. The van der Waals surface area contributed by atoms with Crippen molar-refractivity contribution in [1.82, 2.24) is 10.2 Å². The molecule has 4 heteroatoms. The van der Waals surface area contributed by atoms with Gasteiger partial charge in [-0.3, -0.25) is 9.69 Å². The predicted octanol–water partition coefficient (Wildman–Crippen LogP) is 1.74. The number of rotatable bonds is 6. The normalized spacial score (nSPS) is 27.8. The minimum atomic E-state index is -0.0691. The fourth-order valence-corrected chi connectivity index (χ4v) is 2.88. The Bertz CT molecular complexity index is 283. The standard InChI is InChI=1S/C15H31N3O/c1-5-11(3)17-15(19)12(4)18-8-7-13(6-2)9-14(18)10-16/h11-14H,5-10,16H2,1-4H3,(H,17,19). The van der Waals surface area contributed by atoms with Crippen LogP contribution < -0.4 is 11.1 Å². The van der Waals surface area contributed by atoms with E-state index in [9.17, 15) is 4.79 Å². The van der Waals surface area contributed by atoms with Crippen molar-refractivity contribution in [2.75, 3.05) is 13.1 Å². The molecule has 0 aromatic rings. The summed E-state index contributed by atoms with van der Waals surface area (Å²) in [5, 5.41) is 3.08. The van der Waals surface area contributed by atoms with Crippen molar-refractivity contribution in [2.45, 2.75) is 71.5 Å². The summed E-state index contributed by atoms with van der Waals surface area (Å²) < 4.78 is 0. The summed E-state index contributed by atoms with van der Waals surface area (Å²) in [5.41, 5.74) is 5.90. The number of nitrogens with two attached hydrogens (primary N) is 1. The molecule has 4 nitrogen and oxygen atoms in total. The van der Waals surface area contributed by atoms with Gasteiger partial charge in [-0.2, -0.15) is 0 Å². The second-order valence-electron chi connectivity index (χ2n) is 5.92. The molecule has 0 bridgehead atoms. The Balaban J connectivity index is 2.59. The number of nitrogens with zero attached hydrogens (tertiary/aromatic N) is 1. The Morgan fingerprint density at radius 3 is 2.63 bits per heavy atom. The zero-order valence-electron chi connectivity index (χ0n) is 13.0. The van der Waals surface area contributed by atoms with Crippen LogP contribution >= 0.6 is 0 Å². The Kier molecular flexibility index (Phi) is 6.80. The fourth-order valence-electron chi connectivity index (χ4n) is 2.88. The first kappa shape index (κ1) is 16.4. The molecule has 19 heavy (non-hydrogen) atoms. The summed E-state index contributed by atoms with van der Waals surface area (Å²) in [5.74, 6) is 0.914. The van der Waals surface area contributed by atoms with Gasteiger partial charge in [-0.05, 0) is 45.6 Å². The van der Waals surface area contributed by atoms with Gasteiger partial charge in [0.15, 0.2) is 0 Å². The number of carbonyl (C=O) groups is 1. The van der Waals surface area contributed by atoms with Crippen LogP contribution in [-0.2, 0) is 4.79 Å². The van der Waals surface area contributed by atoms with Gasteiger partial charge in [0, 0.05) is 18.6 Å². The summed E-state index contributed by atoms with van der Waals surface area (Å²) in [6, 6.07) is 0.538. The van der Waals surface area contributed by atoms with Crippen LogP contribution in [0.25, 0.3) is 0 Å². The molecule has 1 aliphatic rings. The molecule has 1 fully saturated rings. The van der Waals surface area contributed by atoms with Crippen molar-refractivity contribution in [3.05, 3.63) is 0 Å². The van der Waals surface area contributed by atoms with Gasteiger partial charge in [-0.25, -0.2) is 0 Å². The van der Waals surface area contributed by atoms with Gasteiger partial charge in [0.05, 0.1) is 6.04 Å². The predicted molar refractivity (Wildman–Crippen MR) is 79.9 cm³/mol. The molecule has 3 N–H and O–H groups in total. The van der Waals surface area contributed by atoms with E-state index in [1.165, 1.54) is 12.8 Å². The SMILES string of the molecule is CCC1CCN(C(C)C(=O)NC(C)CC)C(CN)C1. The van der Waals surface area contributed by atoms with Crippen molar-refractivity contribution >= 4 is 5.91 Å². The summed E-state index contributed by atoms with van der Waals surface area (Å²) in [6.07, 6.45) is 4.51. The molecule has 1 aliphatic heterocycles. The number of likely N-dealkylation sites (tertiary alicyclic amines) is 1. The average molecular weight is 269 g/mol. The van der Waals surface area contributed by atoms with E-state index >= 15 is 0 Å². The van der Waals surface area contributed by atoms with Crippen LogP contribution in [0.15, 0.2) is 0 Å². The van der Waals surface area contributed by atoms with Crippen molar-refractivity contribution in [3.8, 4) is 0 Å². The molecule has 1 saturated heterocycles. The van der Waals surface area contributed by atoms with E-state index < -0.39 is 0 Å². The van der Waals surface area contributed by atoms with Crippen molar-refractivity contribution in [1.29, 1.82) is 0 Å². The Labute approximate surface area is 118 Å². The van der Waals surface area contributed by atoms with Crippen molar-refractivity contribution < 1.29 is 4.79 Å². The van der Waals surface area contributed by atoms with Gasteiger partial charge in [-0.1, -0.05) is 20.3 Å². The molecule has 1 rings (SSSR count). The van der Waals surface area contributed by atoms with Gasteiger partial charge in [0.1, 0.15) is 0 Å². The highest BCUT2D eigenvalue weighted by atomic mass is 16.2. The molecule has 0 aromatic heterocycles. The maximum absolute atomic E-state index is 12.2. The first-order valence-corrected chi connectivity index (χ1v) is 7.79. The number of nitrogens with one attached hydrogen (secondary N) is 1. The minimum Gasteiger partial charge on any atom is -0.352 e. The Morgan fingerprint density at radius 2 is 2.11 bits per heavy atom. The van der Waals surface area contributed by atoms with E-state index in [2.05, 4.69) is 24.1 Å². The summed E-state index contributed by atoms with van der Waals surface area (Å²) in [4.78, 5) is 14.5. The molecule has 0 aliphatic carbocycles. The van der Waals surface area contributed by atoms with E-state index in [4.69, 9.17) is 5.73 Å². The van der Waals surface area contributed by atoms with Gasteiger partial charge >= 0.3 is 0 Å². The monoisotopic (exact) mass is 269 g/mol. The molecule has 0 radical (unpaired) electrons. The van der Waals surface area contributed by atoms with E-state index in [1.807, 2.05) is 13.8 Å². The highest BCUT2D eigenvalue weighted by Gasteiger charge is 2.32. The van der Waals surface area contributed by atoms with E-state index in [0.29, 0.717) is 12.6 Å². The van der Waals surface area contributed by atoms with E-state index in [0.717, 1.165) is 25.3 Å². The third-order valence-corrected chi connectivity index (χ3v) is 4.60. The van der Waals surface area contributed by atoms with Gasteiger partial charge in [0.2, 0.25) is 5.91 Å². The zero-order valence-corrected chi connectivity index (χ0v) is 13.0. The molecule has 0 spiro atoms. The highest BCUT2D eigenvalue weighted by Crippen LogP contribution is 2.26. The zero-order chi connectivity index (χ0) is 14.4. The molecular formula is C15H31N3O. The van der Waals surface area contributed by atoms with Crippen LogP contribution in [0.2, 0.25) is 0 Å². The molecule has 0 saturated carbocycles. The molecule has 4 atom stereocenters. The number of amides is 1. The lowest BCUT2D eigenvalue weighted by Crippen LogP contribution is -2.56. The fraction of sp³-hybridized carbons (Fsp3) is 0.933. The summed E-state index contributed by atoms with van der Waals surface area (Å²) >= 11 is 0. The van der Waals surface area contributed by atoms with Gasteiger partial charge < -0.3 is 11.1 Å². The van der Waals surface area contributed by atoms with Crippen LogP contribution in [-0.4, -0.2) is 42.0 Å². The first-order valence-electron chi connectivity index (χ1n) is 7.79. The first-order chi connectivity index (χ1) is 9.03. The van der Waals surface area contributed by atoms with E-state index in [-0.39, 0.29) is 18.0 Å². The number of hydrogen-bond donors (Lipinski definition) is 2. The molecule has 4 unspecified atom stereocenters. The Hall–Kier alpha value is -0.610. The number of hydrogen-bond acceptors (Lipinski definition) is 3. The van der Waals surface area contributed by atoms with Crippen LogP contribution in [0.5, 0.6) is 0 Å². The lowest BCUT2D eigenvalue weighted by molar-refractivity contribution is -0.128. The van der Waals surface area contributed by atoms with Gasteiger partial charge in [-0.15, -0.1) is 0 Å². The topological polar surface area (TPSA) is 58.4 Å². The van der Waals surface area contributed by atoms with Crippen LogP contribution in [0.3, 0.4) is 0 Å². The van der Waals surface area contributed by atoms with Crippen molar-refractivity contribution in [3.63, 3.8) is 0 Å². The lowest BCUT2D eigenvalue weighted by atomic mass is 9.88. The van der Waals surface area contributed by atoms with Crippen LogP contribution in [0.4, 0.5) is 0 Å². The largest absolute Gasteiger partial charge is 0.352 e. The molecular weight excluding hydrogens is 238 g/mol. The summed E-state index contributed by atoms with van der Waals surface area (Å²) in [7, 11) is 0. The van der Waals surface area contributed by atoms with Gasteiger partial charge in [0.25, 0.3) is 0 Å². The van der Waals surface area contributed by atoms with Crippen LogP contribution in [0.1, 0.15) is 53.4 Å². The second kappa shape index (κ2) is 7.85. The maximum atomic E-state index is 12.2. The quantitative estimate of drug-likeness (QED) is 0.772. The number of carbonyl (C=O) groups excluding carboxylic acids is 1. The third kappa shape index (κ3) is 4.46. The highest BCUT2D eigenvalue weighted by molar-refractivity contribution is 5.81. The molecule has 1 heterocycles. The maximum Gasteiger partial charge on any atom is 0.237 e. The smallest absolute Gasteiger partial charge is 0.237 e. The molecule has 112 valence electrons. The molecule has 0 aromatic carbocycles. The van der Waals surface area contributed by atoms with E-state index in [1.54, 1.807) is 0 Å². The van der Waals surface area contributed by atoms with Crippen molar-refractivity contribution in [2.24, 2.45) is 11.7 Å². The number of piperidine rings is 1. The summed E-state index contributed by atoms with van der Waals surface area (Å²) in [6.45, 7) is 10.0. The minimum absolute atomic E-state index is 0.0691. The molecule has 1 amide bonds. The average Bonchev–Trinajstić information content (AvgIpc) is 2.45.